The lowest BCUT2D eigenvalue weighted by Gasteiger charge is -2.30. The molecule has 5 nitrogen and oxygen atoms in total. The van der Waals surface area contributed by atoms with Crippen LogP contribution in [0.2, 0.25) is 0 Å². The van der Waals surface area contributed by atoms with Crippen molar-refractivity contribution in [1.82, 2.24) is 14.8 Å². The summed E-state index contributed by atoms with van der Waals surface area (Å²) in [4.78, 5) is 8.73. The third kappa shape index (κ3) is 6.37. The Balaban J connectivity index is 1.20. The number of fused-ring (bicyclic) bond motifs is 1. The number of rotatable bonds is 9. The van der Waals surface area contributed by atoms with Crippen LogP contribution in [0.25, 0.3) is 0 Å². The maximum absolute atomic E-state index is 10.4. The number of aliphatic hydroxyl groups excluding tert-OH is 1. The highest BCUT2D eigenvalue weighted by molar-refractivity contribution is 5.29. The molecule has 2 aromatic carbocycles. The molecule has 1 aliphatic heterocycles. The molecule has 0 radical (unpaired) electrons. The van der Waals surface area contributed by atoms with E-state index in [-0.39, 0.29) is 0 Å². The Morgan fingerprint density at radius 2 is 1.77 bits per heavy atom. The Labute approximate surface area is 184 Å². The third-order valence-corrected chi connectivity index (χ3v) is 5.67. The van der Waals surface area contributed by atoms with Gasteiger partial charge in [-0.25, -0.2) is 0 Å². The smallest absolute Gasteiger partial charge is 0.119 e. The van der Waals surface area contributed by atoms with Gasteiger partial charge in [0.05, 0.1) is 0 Å². The quantitative estimate of drug-likeness (QED) is 0.577. The Morgan fingerprint density at radius 1 is 1.00 bits per heavy atom. The van der Waals surface area contributed by atoms with Crippen LogP contribution in [-0.4, -0.2) is 52.7 Å². The lowest BCUT2D eigenvalue weighted by molar-refractivity contribution is 0.0638. The van der Waals surface area contributed by atoms with Gasteiger partial charge in [0.1, 0.15) is 18.5 Å². The summed E-state index contributed by atoms with van der Waals surface area (Å²) in [6.45, 7) is 4.53. The number of β-amino-alcohol motifs (C(OH)–C–C–N with tert-alkyl or cyclic N) is 1. The van der Waals surface area contributed by atoms with E-state index in [9.17, 15) is 5.11 Å². The lowest BCUT2D eigenvalue weighted by atomic mass is 10.00. The average molecular weight is 418 g/mol. The second-order valence-electron chi connectivity index (χ2n) is 8.40. The van der Waals surface area contributed by atoms with Crippen LogP contribution < -0.4 is 4.74 Å². The normalized spacial score (nSPS) is 14.9. The van der Waals surface area contributed by atoms with Crippen molar-refractivity contribution in [3.8, 4) is 5.75 Å². The fourth-order valence-corrected chi connectivity index (χ4v) is 4.12. The average Bonchev–Trinajstić information content (AvgIpc) is 2.79. The van der Waals surface area contributed by atoms with Crippen LogP contribution in [0.1, 0.15) is 22.3 Å². The maximum Gasteiger partial charge on any atom is 0.119 e. The Kier molecular flexibility index (Phi) is 7.30. The van der Waals surface area contributed by atoms with Crippen molar-refractivity contribution >= 4 is 0 Å². The molecular formula is C26H31N3O2. The van der Waals surface area contributed by atoms with E-state index < -0.39 is 6.10 Å². The van der Waals surface area contributed by atoms with E-state index in [1.165, 1.54) is 22.3 Å². The first-order valence-corrected chi connectivity index (χ1v) is 10.9. The number of ether oxygens (including phenoxy) is 1. The Morgan fingerprint density at radius 3 is 2.55 bits per heavy atom. The van der Waals surface area contributed by atoms with Crippen molar-refractivity contribution in [3.05, 3.63) is 95.3 Å². The lowest BCUT2D eigenvalue weighted by Crippen LogP contribution is -2.38. The molecule has 1 aliphatic rings. The summed E-state index contributed by atoms with van der Waals surface area (Å²) in [5.41, 5.74) is 5.23. The van der Waals surface area contributed by atoms with Gasteiger partial charge in [-0.1, -0.05) is 42.5 Å². The molecule has 0 aliphatic carbocycles. The van der Waals surface area contributed by atoms with Gasteiger partial charge in [0, 0.05) is 45.1 Å². The first kappa shape index (κ1) is 21.5. The van der Waals surface area contributed by atoms with Crippen LogP contribution >= 0.6 is 0 Å². The topological polar surface area (TPSA) is 48.8 Å². The van der Waals surface area contributed by atoms with E-state index in [0.717, 1.165) is 38.3 Å². The zero-order valence-electron chi connectivity index (χ0n) is 18.2. The van der Waals surface area contributed by atoms with E-state index >= 15 is 0 Å². The van der Waals surface area contributed by atoms with Crippen molar-refractivity contribution in [2.75, 3.05) is 26.7 Å². The molecule has 1 N–H and O–H groups in total. The van der Waals surface area contributed by atoms with Crippen molar-refractivity contribution in [2.24, 2.45) is 0 Å². The largest absolute Gasteiger partial charge is 0.491 e. The van der Waals surface area contributed by atoms with Crippen LogP contribution in [0.3, 0.4) is 0 Å². The highest BCUT2D eigenvalue weighted by atomic mass is 16.5. The van der Waals surface area contributed by atoms with Gasteiger partial charge in [0.2, 0.25) is 0 Å². The zero-order chi connectivity index (χ0) is 21.5. The summed E-state index contributed by atoms with van der Waals surface area (Å²) in [6.07, 6.45) is 4.24. The molecule has 0 saturated carbocycles. The molecule has 4 rings (SSSR count). The minimum Gasteiger partial charge on any atom is -0.491 e. The molecule has 0 bridgehead atoms. The van der Waals surface area contributed by atoms with E-state index in [0.29, 0.717) is 13.2 Å². The minimum atomic E-state index is -0.504. The van der Waals surface area contributed by atoms with Crippen LogP contribution in [0.4, 0.5) is 0 Å². The van der Waals surface area contributed by atoms with Gasteiger partial charge >= 0.3 is 0 Å². The molecule has 0 fully saturated rings. The number of hydrogen-bond acceptors (Lipinski definition) is 5. The van der Waals surface area contributed by atoms with E-state index in [4.69, 9.17) is 4.74 Å². The summed E-state index contributed by atoms with van der Waals surface area (Å²) >= 11 is 0. The SMILES string of the molecule is CN(Cc1ccc(OCC(O)CN2CCc3ccccc3C2)cc1)Cc1cccnc1. The van der Waals surface area contributed by atoms with Crippen molar-refractivity contribution in [1.29, 1.82) is 0 Å². The second-order valence-corrected chi connectivity index (χ2v) is 8.40. The third-order valence-electron chi connectivity index (χ3n) is 5.67. The van der Waals surface area contributed by atoms with Crippen molar-refractivity contribution in [3.63, 3.8) is 0 Å². The molecule has 1 aromatic heterocycles. The summed E-state index contributed by atoms with van der Waals surface area (Å²) < 4.78 is 5.84. The number of benzene rings is 2. The van der Waals surface area contributed by atoms with Gasteiger partial charge in [0.25, 0.3) is 0 Å². The number of aromatic nitrogens is 1. The summed E-state index contributed by atoms with van der Waals surface area (Å²) in [5.74, 6) is 0.793. The molecule has 0 saturated heterocycles. The summed E-state index contributed by atoms with van der Waals surface area (Å²) in [5, 5.41) is 10.4. The Bertz CT molecular complexity index is 946. The number of pyridine rings is 1. The highest BCUT2D eigenvalue weighted by Crippen LogP contribution is 2.19. The molecule has 0 spiro atoms. The van der Waals surface area contributed by atoms with E-state index in [1.807, 2.05) is 24.4 Å². The molecule has 31 heavy (non-hydrogen) atoms. The molecule has 1 atom stereocenters. The fraction of sp³-hybridized carbons (Fsp3) is 0.346. The van der Waals surface area contributed by atoms with Crippen LogP contribution in [0, 0.1) is 0 Å². The maximum atomic E-state index is 10.4. The predicted octanol–water partition coefficient (Wildman–Crippen LogP) is 3.51. The molecule has 5 heteroatoms. The fourth-order valence-electron chi connectivity index (χ4n) is 4.12. The van der Waals surface area contributed by atoms with Gasteiger partial charge in [0.15, 0.2) is 0 Å². The van der Waals surface area contributed by atoms with Crippen molar-refractivity contribution in [2.45, 2.75) is 32.2 Å². The zero-order valence-corrected chi connectivity index (χ0v) is 18.2. The van der Waals surface area contributed by atoms with Gasteiger partial charge in [-0.2, -0.15) is 0 Å². The summed E-state index contributed by atoms with van der Waals surface area (Å²) in [6, 6.07) is 20.8. The first-order valence-electron chi connectivity index (χ1n) is 10.9. The predicted molar refractivity (Wildman–Crippen MR) is 123 cm³/mol. The molecule has 2 heterocycles. The first-order chi connectivity index (χ1) is 15.2. The minimum absolute atomic E-state index is 0.304. The standard InChI is InChI=1S/C26H31N3O2/c1-28(17-22-5-4-13-27-15-22)16-21-8-10-26(11-9-21)31-20-25(30)19-29-14-12-23-6-2-3-7-24(23)18-29/h2-11,13,15,25,30H,12,14,16-20H2,1H3. The van der Waals surface area contributed by atoms with E-state index in [2.05, 4.69) is 64.3 Å². The molecule has 1 unspecified atom stereocenters. The van der Waals surface area contributed by atoms with Crippen LogP contribution in [0.5, 0.6) is 5.75 Å². The highest BCUT2D eigenvalue weighted by Gasteiger charge is 2.18. The van der Waals surface area contributed by atoms with Gasteiger partial charge in [-0.15, -0.1) is 0 Å². The molecule has 0 amide bonds. The van der Waals surface area contributed by atoms with E-state index in [1.54, 1.807) is 6.20 Å². The molecule has 162 valence electrons. The van der Waals surface area contributed by atoms with Crippen LogP contribution in [0.15, 0.2) is 73.1 Å². The Hall–Kier alpha value is -2.73. The van der Waals surface area contributed by atoms with Crippen molar-refractivity contribution < 1.29 is 9.84 Å². The van der Waals surface area contributed by atoms with Gasteiger partial charge in [-0.3, -0.25) is 14.8 Å². The molecule has 3 aromatic rings. The second kappa shape index (κ2) is 10.5. The number of aliphatic hydroxyl groups is 1. The number of nitrogens with zero attached hydrogens (tertiary/aromatic N) is 3. The summed E-state index contributed by atoms with van der Waals surface area (Å²) in [7, 11) is 2.10. The van der Waals surface area contributed by atoms with Crippen LogP contribution in [-0.2, 0) is 26.1 Å². The number of hydrogen-bond donors (Lipinski definition) is 1. The van der Waals surface area contributed by atoms with Gasteiger partial charge in [-0.05, 0) is 53.9 Å². The van der Waals surface area contributed by atoms with Gasteiger partial charge < -0.3 is 9.84 Å². The molecular weight excluding hydrogens is 386 g/mol. The monoisotopic (exact) mass is 417 g/mol.